The van der Waals surface area contributed by atoms with Crippen LogP contribution < -0.4 is 0 Å². The lowest BCUT2D eigenvalue weighted by Crippen LogP contribution is -2.00. The van der Waals surface area contributed by atoms with Gasteiger partial charge in [-0.1, -0.05) is 63.7 Å². The first-order chi connectivity index (χ1) is 7.95. The molecule has 0 aliphatic carbocycles. The van der Waals surface area contributed by atoms with Gasteiger partial charge in [-0.25, -0.2) is 0 Å². The van der Waals surface area contributed by atoms with E-state index in [0.29, 0.717) is 17.3 Å². The summed E-state index contributed by atoms with van der Waals surface area (Å²) in [7, 11) is 0. The fraction of sp³-hybridized carbons (Fsp3) is 0.200. The van der Waals surface area contributed by atoms with Crippen molar-refractivity contribution in [2.75, 3.05) is 0 Å². The molecule has 0 amide bonds. The van der Waals surface area contributed by atoms with E-state index in [4.69, 9.17) is 50.9 Å². The van der Waals surface area contributed by atoms with E-state index in [-0.39, 0.29) is 5.89 Å². The molecule has 7 heteroatoms. The quantitative estimate of drug-likeness (QED) is 0.782. The zero-order chi connectivity index (χ0) is 12.5. The Bertz CT molecular complexity index is 521. The smallest absolute Gasteiger partial charge is 0.278 e. The van der Waals surface area contributed by atoms with E-state index in [1.807, 2.05) is 18.2 Å². The molecule has 0 aliphatic heterocycles. The van der Waals surface area contributed by atoms with E-state index in [1.54, 1.807) is 6.07 Å². The highest BCUT2D eigenvalue weighted by atomic mass is 35.6. The Morgan fingerprint density at radius 2 is 2.00 bits per heavy atom. The van der Waals surface area contributed by atoms with Crippen LogP contribution >= 0.6 is 46.4 Å². The molecule has 1 heterocycles. The van der Waals surface area contributed by atoms with Gasteiger partial charge in [0.1, 0.15) is 0 Å². The zero-order valence-electron chi connectivity index (χ0n) is 8.33. The number of benzene rings is 1. The first-order valence-electron chi connectivity index (χ1n) is 4.59. The van der Waals surface area contributed by atoms with Gasteiger partial charge in [0.15, 0.2) is 5.82 Å². The van der Waals surface area contributed by atoms with Crippen LogP contribution in [0.25, 0.3) is 0 Å². The van der Waals surface area contributed by atoms with Gasteiger partial charge in [0.25, 0.3) is 9.68 Å². The summed E-state index contributed by atoms with van der Waals surface area (Å²) in [5.41, 5.74) is 0.953. The van der Waals surface area contributed by atoms with Crippen LogP contribution in [0.3, 0.4) is 0 Å². The van der Waals surface area contributed by atoms with Crippen molar-refractivity contribution in [1.29, 1.82) is 0 Å². The number of hydrogen-bond donors (Lipinski definition) is 0. The Balaban J connectivity index is 2.17. The van der Waals surface area contributed by atoms with Crippen LogP contribution in [-0.4, -0.2) is 10.1 Å². The van der Waals surface area contributed by atoms with E-state index in [0.717, 1.165) is 5.56 Å². The van der Waals surface area contributed by atoms with Gasteiger partial charge in [-0.2, -0.15) is 4.98 Å². The van der Waals surface area contributed by atoms with Crippen LogP contribution in [0.1, 0.15) is 17.3 Å². The Morgan fingerprint density at radius 1 is 1.24 bits per heavy atom. The fourth-order valence-corrected chi connectivity index (χ4v) is 1.71. The molecule has 2 aromatic rings. The molecule has 0 N–H and O–H groups in total. The van der Waals surface area contributed by atoms with Crippen molar-refractivity contribution in [3.05, 3.63) is 46.6 Å². The summed E-state index contributed by atoms with van der Waals surface area (Å²) >= 11 is 22.7. The van der Waals surface area contributed by atoms with Crippen LogP contribution in [0.4, 0.5) is 0 Å². The summed E-state index contributed by atoms with van der Waals surface area (Å²) in [5.74, 6) is 0.396. The number of halogens is 4. The number of hydrogen-bond acceptors (Lipinski definition) is 3. The summed E-state index contributed by atoms with van der Waals surface area (Å²) in [6, 6.07) is 7.34. The second-order valence-electron chi connectivity index (χ2n) is 3.32. The Hall–Kier alpha value is -0.480. The SMILES string of the molecule is Clc1cccc(Cc2noc(C(Cl)(Cl)Cl)n2)c1. The highest BCUT2D eigenvalue weighted by Gasteiger charge is 2.30. The average Bonchev–Trinajstić information content (AvgIpc) is 2.65. The van der Waals surface area contributed by atoms with E-state index in [2.05, 4.69) is 10.1 Å². The van der Waals surface area contributed by atoms with Gasteiger partial charge in [0.05, 0.1) is 0 Å². The average molecular weight is 312 g/mol. The van der Waals surface area contributed by atoms with Gasteiger partial charge in [-0.05, 0) is 17.7 Å². The van der Waals surface area contributed by atoms with E-state index in [1.165, 1.54) is 0 Å². The summed E-state index contributed by atoms with van der Waals surface area (Å²) in [4.78, 5) is 3.99. The molecule has 3 nitrogen and oxygen atoms in total. The number of rotatable bonds is 2. The lowest BCUT2D eigenvalue weighted by molar-refractivity contribution is 0.377. The molecule has 0 saturated heterocycles. The normalized spacial score (nSPS) is 11.8. The molecule has 2 rings (SSSR count). The summed E-state index contributed by atoms with van der Waals surface area (Å²) in [5, 5.41) is 4.37. The van der Waals surface area contributed by atoms with E-state index >= 15 is 0 Å². The first-order valence-corrected chi connectivity index (χ1v) is 6.10. The minimum absolute atomic E-state index is 0.0421. The molecule has 0 bridgehead atoms. The molecule has 0 atom stereocenters. The van der Waals surface area contributed by atoms with Gasteiger partial charge in [-0.3, -0.25) is 0 Å². The van der Waals surface area contributed by atoms with Gasteiger partial charge in [0, 0.05) is 11.4 Å². The first kappa shape index (κ1) is 13.0. The highest BCUT2D eigenvalue weighted by Crippen LogP contribution is 2.36. The number of aromatic nitrogens is 2. The minimum Gasteiger partial charge on any atom is -0.335 e. The van der Waals surface area contributed by atoms with Gasteiger partial charge < -0.3 is 4.52 Å². The van der Waals surface area contributed by atoms with Gasteiger partial charge in [-0.15, -0.1) is 0 Å². The van der Waals surface area contributed by atoms with Gasteiger partial charge in [0.2, 0.25) is 0 Å². The third kappa shape index (κ3) is 3.49. The molecule has 0 spiro atoms. The van der Waals surface area contributed by atoms with Crippen molar-refractivity contribution in [2.45, 2.75) is 10.2 Å². The fourth-order valence-electron chi connectivity index (χ4n) is 1.27. The third-order valence-electron chi connectivity index (χ3n) is 1.96. The molecule has 1 aromatic carbocycles. The monoisotopic (exact) mass is 310 g/mol. The van der Waals surface area contributed by atoms with Crippen LogP contribution in [-0.2, 0) is 10.2 Å². The van der Waals surface area contributed by atoms with Crippen LogP contribution in [0.15, 0.2) is 28.8 Å². The number of alkyl halides is 3. The lowest BCUT2D eigenvalue weighted by Gasteiger charge is -2.01. The van der Waals surface area contributed by atoms with E-state index in [9.17, 15) is 0 Å². The molecule has 0 fully saturated rings. The van der Waals surface area contributed by atoms with Crippen molar-refractivity contribution in [3.63, 3.8) is 0 Å². The molecule has 1 aromatic heterocycles. The van der Waals surface area contributed by atoms with Crippen molar-refractivity contribution in [3.8, 4) is 0 Å². The topological polar surface area (TPSA) is 38.9 Å². The highest BCUT2D eigenvalue weighted by molar-refractivity contribution is 6.66. The van der Waals surface area contributed by atoms with Crippen LogP contribution in [0.5, 0.6) is 0 Å². The second-order valence-corrected chi connectivity index (χ2v) is 6.04. The molecule has 0 radical (unpaired) electrons. The molecule has 0 saturated carbocycles. The molecule has 17 heavy (non-hydrogen) atoms. The Morgan fingerprint density at radius 3 is 2.59 bits per heavy atom. The predicted molar refractivity (Wildman–Crippen MR) is 67.8 cm³/mol. The Labute approximate surface area is 118 Å². The van der Waals surface area contributed by atoms with Gasteiger partial charge >= 0.3 is 0 Å². The predicted octanol–water partition coefficient (Wildman–Crippen LogP) is 4.14. The van der Waals surface area contributed by atoms with Crippen molar-refractivity contribution in [2.24, 2.45) is 0 Å². The summed E-state index contributed by atoms with van der Waals surface area (Å²) < 4.78 is 3.15. The summed E-state index contributed by atoms with van der Waals surface area (Å²) in [6.07, 6.45) is 0.463. The van der Waals surface area contributed by atoms with Crippen LogP contribution in [0, 0.1) is 0 Å². The minimum atomic E-state index is -1.69. The maximum absolute atomic E-state index is 5.86. The van der Waals surface area contributed by atoms with Crippen molar-refractivity contribution >= 4 is 46.4 Å². The summed E-state index contributed by atoms with van der Waals surface area (Å²) in [6.45, 7) is 0. The lowest BCUT2D eigenvalue weighted by atomic mass is 10.1. The van der Waals surface area contributed by atoms with Crippen molar-refractivity contribution in [1.82, 2.24) is 10.1 Å². The molecule has 0 aliphatic rings. The second kappa shape index (κ2) is 5.02. The maximum Gasteiger partial charge on any atom is 0.278 e. The standard InChI is InChI=1S/C10H6Cl4N2O/c11-7-3-1-2-6(4-7)5-8-15-9(17-16-8)10(12,13)14/h1-4H,5H2. The zero-order valence-corrected chi connectivity index (χ0v) is 11.4. The van der Waals surface area contributed by atoms with E-state index < -0.39 is 3.79 Å². The Kier molecular flexibility index (Phi) is 3.83. The molecular formula is C10H6Cl4N2O. The van der Waals surface area contributed by atoms with Crippen LogP contribution in [0.2, 0.25) is 5.02 Å². The molecule has 90 valence electrons. The largest absolute Gasteiger partial charge is 0.335 e. The molecule has 0 unspecified atom stereocenters. The van der Waals surface area contributed by atoms with Crippen molar-refractivity contribution < 1.29 is 4.52 Å². The third-order valence-corrected chi connectivity index (χ3v) is 2.68. The molecular weight excluding hydrogens is 306 g/mol. The number of nitrogens with zero attached hydrogens (tertiary/aromatic N) is 2. The maximum atomic E-state index is 5.86.